The van der Waals surface area contributed by atoms with Crippen molar-refractivity contribution in [2.75, 3.05) is 25.0 Å². The van der Waals surface area contributed by atoms with Gasteiger partial charge in [0.1, 0.15) is 12.1 Å². The lowest BCUT2D eigenvalue weighted by molar-refractivity contribution is -0.132. The van der Waals surface area contributed by atoms with Crippen LogP contribution in [0.5, 0.6) is 5.75 Å². The highest BCUT2D eigenvalue weighted by Crippen LogP contribution is 2.28. The molecule has 1 N–H and O–H groups in total. The number of carbonyl (C=O) groups excluding carboxylic acids is 2. The van der Waals surface area contributed by atoms with E-state index in [1.165, 1.54) is 6.33 Å². The summed E-state index contributed by atoms with van der Waals surface area (Å²) in [6.07, 6.45) is 3.16. The van der Waals surface area contributed by atoms with E-state index in [0.717, 1.165) is 0 Å². The quantitative estimate of drug-likeness (QED) is 0.657. The number of anilines is 1. The van der Waals surface area contributed by atoms with Crippen LogP contribution in [-0.4, -0.2) is 51.0 Å². The molecule has 0 saturated carbocycles. The van der Waals surface area contributed by atoms with Crippen LogP contribution in [0.25, 0.3) is 5.65 Å². The molecule has 0 aliphatic carbocycles. The molecule has 3 rings (SSSR count). The molecule has 0 aliphatic rings. The fourth-order valence-corrected chi connectivity index (χ4v) is 2.90. The van der Waals surface area contributed by atoms with Crippen molar-refractivity contribution in [2.45, 2.75) is 13.8 Å². The van der Waals surface area contributed by atoms with Crippen LogP contribution in [0.2, 0.25) is 5.02 Å². The SMILES string of the molecule is CCN(CC)C(=O)COc1ccc(NC(=O)c2ccc3nncn3c2)cc1Cl. The van der Waals surface area contributed by atoms with Gasteiger partial charge >= 0.3 is 0 Å². The van der Waals surface area contributed by atoms with Gasteiger partial charge in [0, 0.05) is 25.0 Å². The highest BCUT2D eigenvalue weighted by molar-refractivity contribution is 6.32. The molecule has 0 radical (unpaired) electrons. The van der Waals surface area contributed by atoms with Gasteiger partial charge in [0.15, 0.2) is 12.3 Å². The number of hydrogen-bond acceptors (Lipinski definition) is 5. The molecule has 0 unspecified atom stereocenters. The number of ether oxygens (including phenoxy) is 1. The number of aromatic nitrogens is 3. The van der Waals surface area contributed by atoms with Gasteiger partial charge in [0.25, 0.3) is 11.8 Å². The second kappa shape index (κ2) is 8.71. The predicted molar refractivity (Wildman–Crippen MR) is 106 cm³/mol. The number of halogens is 1. The van der Waals surface area contributed by atoms with Crippen LogP contribution in [0, 0.1) is 0 Å². The molecule has 0 atom stereocenters. The van der Waals surface area contributed by atoms with E-state index >= 15 is 0 Å². The molecular weight excluding hydrogens is 382 g/mol. The van der Waals surface area contributed by atoms with Crippen molar-refractivity contribution in [3.05, 3.63) is 53.4 Å². The molecule has 2 aromatic heterocycles. The maximum Gasteiger partial charge on any atom is 0.260 e. The van der Waals surface area contributed by atoms with E-state index in [1.807, 2.05) is 13.8 Å². The summed E-state index contributed by atoms with van der Waals surface area (Å²) in [4.78, 5) is 26.1. The first-order valence-electron chi connectivity index (χ1n) is 8.82. The van der Waals surface area contributed by atoms with Crippen LogP contribution in [0.1, 0.15) is 24.2 Å². The molecule has 0 bridgehead atoms. The maximum absolute atomic E-state index is 12.4. The second-order valence-corrected chi connectivity index (χ2v) is 6.38. The average Bonchev–Trinajstić information content (AvgIpc) is 3.16. The molecule has 1 aromatic carbocycles. The predicted octanol–water partition coefficient (Wildman–Crippen LogP) is 2.88. The minimum Gasteiger partial charge on any atom is -0.482 e. The van der Waals surface area contributed by atoms with Crippen LogP contribution in [0.4, 0.5) is 5.69 Å². The summed E-state index contributed by atoms with van der Waals surface area (Å²) in [7, 11) is 0. The number of fused-ring (bicyclic) bond motifs is 1. The second-order valence-electron chi connectivity index (χ2n) is 5.97. The summed E-state index contributed by atoms with van der Waals surface area (Å²) >= 11 is 6.23. The molecule has 0 fully saturated rings. The van der Waals surface area contributed by atoms with E-state index in [9.17, 15) is 9.59 Å². The van der Waals surface area contributed by atoms with E-state index in [4.69, 9.17) is 16.3 Å². The Balaban J connectivity index is 1.64. The standard InChI is InChI=1S/C19H20ClN5O3/c1-3-24(4-2)18(26)11-28-16-7-6-14(9-15(16)20)22-19(27)13-5-8-17-23-21-12-25(17)10-13/h5-10,12H,3-4,11H2,1-2H3,(H,22,27). The van der Waals surface area contributed by atoms with Crippen molar-refractivity contribution in [3.8, 4) is 5.75 Å². The van der Waals surface area contributed by atoms with Gasteiger partial charge in [0.2, 0.25) is 0 Å². The van der Waals surface area contributed by atoms with Gasteiger partial charge in [-0.05, 0) is 44.2 Å². The zero-order valence-electron chi connectivity index (χ0n) is 15.6. The molecule has 3 aromatic rings. The lowest BCUT2D eigenvalue weighted by Gasteiger charge is -2.19. The summed E-state index contributed by atoms with van der Waals surface area (Å²) < 4.78 is 7.17. The normalized spacial score (nSPS) is 10.7. The molecule has 2 amide bonds. The highest BCUT2D eigenvalue weighted by Gasteiger charge is 2.13. The summed E-state index contributed by atoms with van der Waals surface area (Å²) in [6, 6.07) is 8.23. The minimum absolute atomic E-state index is 0.0912. The van der Waals surface area contributed by atoms with Crippen LogP contribution in [0.15, 0.2) is 42.9 Å². The molecule has 0 saturated heterocycles. The van der Waals surface area contributed by atoms with E-state index < -0.39 is 0 Å². The van der Waals surface area contributed by atoms with E-state index in [1.54, 1.807) is 45.8 Å². The number of likely N-dealkylation sites (N-methyl/N-ethyl adjacent to an activating group) is 1. The Morgan fingerprint density at radius 3 is 2.71 bits per heavy atom. The summed E-state index contributed by atoms with van der Waals surface area (Å²) in [5, 5.41) is 10.8. The van der Waals surface area contributed by atoms with Crippen molar-refractivity contribution in [1.82, 2.24) is 19.5 Å². The molecule has 8 nitrogen and oxygen atoms in total. The number of nitrogens with one attached hydrogen (secondary N) is 1. The van der Waals surface area contributed by atoms with Gasteiger partial charge in [-0.1, -0.05) is 11.6 Å². The summed E-state index contributed by atoms with van der Waals surface area (Å²) in [5.74, 6) is -0.0223. The smallest absolute Gasteiger partial charge is 0.260 e. The Morgan fingerprint density at radius 1 is 1.21 bits per heavy atom. The Labute approximate surface area is 167 Å². The highest BCUT2D eigenvalue weighted by atomic mass is 35.5. The van der Waals surface area contributed by atoms with Crippen LogP contribution in [-0.2, 0) is 4.79 Å². The Morgan fingerprint density at radius 2 is 2.00 bits per heavy atom. The van der Waals surface area contributed by atoms with Crippen LogP contribution in [0.3, 0.4) is 0 Å². The molecule has 0 spiro atoms. The zero-order chi connectivity index (χ0) is 20.1. The zero-order valence-corrected chi connectivity index (χ0v) is 16.3. The maximum atomic E-state index is 12.4. The average molecular weight is 402 g/mol. The molecular formula is C19H20ClN5O3. The fourth-order valence-electron chi connectivity index (χ4n) is 2.67. The number of pyridine rings is 1. The molecule has 2 heterocycles. The Hall–Kier alpha value is -3.13. The largest absolute Gasteiger partial charge is 0.482 e. The van der Waals surface area contributed by atoms with Crippen molar-refractivity contribution >= 4 is 34.7 Å². The van der Waals surface area contributed by atoms with Gasteiger partial charge in [-0.3, -0.25) is 14.0 Å². The molecule has 146 valence electrons. The van der Waals surface area contributed by atoms with Crippen molar-refractivity contribution in [3.63, 3.8) is 0 Å². The monoisotopic (exact) mass is 401 g/mol. The van der Waals surface area contributed by atoms with E-state index in [-0.39, 0.29) is 18.4 Å². The third kappa shape index (κ3) is 4.40. The summed E-state index contributed by atoms with van der Waals surface area (Å²) in [6.45, 7) is 4.97. The number of hydrogen-bond donors (Lipinski definition) is 1. The fraction of sp³-hybridized carbons (Fsp3) is 0.263. The van der Waals surface area contributed by atoms with Crippen LogP contribution >= 0.6 is 11.6 Å². The molecule has 9 heteroatoms. The number of carbonyl (C=O) groups is 2. The Bertz CT molecular complexity index is 1000. The number of amides is 2. The van der Waals surface area contributed by atoms with Gasteiger partial charge in [-0.2, -0.15) is 0 Å². The van der Waals surface area contributed by atoms with Gasteiger partial charge in [0.05, 0.1) is 10.6 Å². The van der Waals surface area contributed by atoms with Crippen molar-refractivity contribution < 1.29 is 14.3 Å². The lowest BCUT2D eigenvalue weighted by Crippen LogP contribution is -2.34. The number of rotatable bonds is 7. The lowest BCUT2D eigenvalue weighted by atomic mass is 10.2. The third-order valence-corrected chi connectivity index (χ3v) is 4.51. The van der Waals surface area contributed by atoms with Gasteiger partial charge in [-0.15, -0.1) is 10.2 Å². The topological polar surface area (TPSA) is 88.8 Å². The van der Waals surface area contributed by atoms with E-state index in [0.29, 0.717) is 40.8 Å². The molecule has 28 heavy (non-hydrogen) atoms. The van der Waals surface area contributed by atoms with Gasteiger partial charge in [-0.25, -0.2) is 0 Å². The Kier molecular flexibility index (Phi) is 6.10. The van der Waals surface area contributed by atoms with Crippen molar-refractivity contribution in [2.24, 2.45) is 0 Å². The first-order chi connectivity index (χ1) is 13.5. The molecule has 0 aliphatic heterocycles. The third-order valence-electron chi connectivity index (χ3n) is 4.21. The van der Waals surface area contributed by atoms with Gasteiger partial charge < -0.3 is 15.0 Å². The van der Waals surface area contributed by atoms with E-state index in [2.05, 4.69) is 15.5 Å². The number of nitrogens with zero attached hydrogens (tertiary/aromatic N) is 4. The number of benzene rings is 1. The van der Waals surface area contributed by atoms with Crippen molar-refractivity contribution in [1.29, 1.82) is 0 Å². The minimum atomic E-state index is -0.294. The first-order valence-corrected chi connectivity index (χ1v) is 9.20. The van der Waals surface area contributed by atoms with Crippen LogP contribution < -0.4 is 10.1 Å². The first kappa shape index (κ1) is 19.6. The summed E-state index contributed by atoms with van der Waals surface area (Å²) in [5.41, 5.74) is 1.62.